The van der Waals surface area contributed by atoms with Crippen LogP contribution in [-0.4, -0.2) is 37.1 Å². The van der Waals surface area contributed by atoms with Gasteiger partial charge < -0.3 is 10.5 Å². The van der Waals surface area contributed by atoms with Crippen LogP contribution in [0.15, 0.2) is 35.6 Å². The van der Waals surface area contributed by atoms with Gasteiger partial charge in [-0.3, -0.25) is 9.69 Å². The zero-order valence-electron chi connectivity index (χ0n) is 12.2. The van der Waals surface area contributed by atoms with E-state index in [4.69, 9.17) is 10.5 Å². The number of allylic oxidation sites excluding steroid dienone is 4. The number of carbonyl (C=O) groups excluding carboxylic acids is 1. The highest BCUT2D eigenvalue weighted by molar-refractivity contribution is 5.75. The molecule has 2 aliphatic rings. The van der Waals surface area contributed by atoms with Crippen LogP contribution in [0, 0.1) is 0 Å². The van der Waals surface area contributed by atoms with Gasteiger partial charge in [-0.25, -0.2) is 0 Å². The lowest BCUT2D eigenvalue weighted by Gasteiger charge is -2.34. The van der Waals surface area contributed by atoms with Crippen molar-refractivity contribution in [3.63, 3.8) is 0 Å². The summed E-state index contributed by atoms with van der Waals surface area (Å²) in [6.07, 6.45) is 13.4. The van der Waals surface area contributed by atoms with Crippen molar-refractivity contribution < 1.29 is 9.53 Å². The van der Waals surface area contributed by atoms with Crippen LogP contribution in [0.2, 0.25) is 0 Å². The lowest BCUT2D eigenvalue weighted by Crippen LogP contribution is -2.46. The predicted octanol–water partition coefficient (Wildman–Crippen LogP) is 2.13. The van der Waals surface area contributed by atoms with Crippen molar-refractivity contribution in [1.29, 1.82) is 0 Å². The number of hydrogen-bond donors (Lipinski definition) is 1. The maximum absolute atomic E-state index is 11.9. The summed E-state index contributed by atoms with van der Waals surface area (Å²) in [5.74, 6) is -0.130. The zero-order chi connectivity index (χ0) is 14.4. The first-order valence-corrected chi connectivity index (χ1v) is 7.36. The summed E-state index contributed by atoms with van der Waals surface area (Å²) in [6.45, 7) is 1.64. The van der Waals surface area contributed by atoms with Gasteiger partial charge in [-0.2, -0.15) is 0 Å². The van der Waals surface area contributed by atoms with Gasteiger partial charge in [0.1, 0.15) is 6.04 Å². The Bertz CT molecular complexity index is 438. The molecular formula is C16H24N2O2. The smallest absolute Gasteiger partial charge is 0.323 e. The summed E-state index contributed by atoms with van der Waals surface area (Å²) in [6, 6.07) is -0.128. The molecule has 0 spiro atoms. The molecule has 4 nitrogen and oxygen atoms in total. The summed E-state index contributed by atoms with van der Waals surface area (Å²) in [7, 11) is 1.46. The summed E-state index contributed by atoms with van der Waals surface area (Å²) in [5.41, 5.74) is 8.07. The average molecular weight is 276 g/mol. The summed E-state index contributed by atoms with van der Waals surface area (Å²) in [4.78, 5) is 14.1. The number of ether oxygens (including phenoxy) is 1. The molecule has 0 amide bonds. The fourth-order valence-electron chi connectivity index (χ4n) is 2.79. The molecule has 0 aromatic rings. The van der Waals surface area contributed by atoms with Crippen molar-refractivity contribution in [2.24, 2.45) is 5.73 Å². The highest BCUT2D eigenvalue weighted by atomic mass is 16.5. The molecule has 0 aromatic heterocycles. The third kappa shape index (κ3) is 3.73. The number of carbonyl (C=O) groups is 1. The molecule has 0 bridgehead atoms. The van der Waals surface area contributed by atoms with Gasteiger partial charge in [0, 0.05) is 12.2 Å². The highest BCUT2D eigenvalue weighted by Gasteiger charge is 2.29. The summed E-state index contributed by atoms with van der Waals surface area (Å²) >= 11 is 0. The molecule has 20 heavy (non-hydrogen) atoms. The molecule has 0 saturated carbocycles. The van der Waals surface area contributed by atoms with Crippen LogP contribution in [0.1, 0.15) is 32.1 Å². The first-order chi connectivity index (χ1) is 9.72. The Morgan fingerprint density at radius 3 is 3.10 bits per heavy atom. The third-order valence-electron chi connectivity index (χ3n) is 3.96. The van der Waals surface area contributed by atoms with Gasteiger partial charge in [0.2, 0.25) is 0 Å². The normalized spacial score (nSPS) is 31.1. The van der Waals surface area contributed by atoms with Crippen LogP contribution >= 0.6 is 0 Å². The van der Waals surface area contributed by atoms with E-state index in [1.165, 1.54) is 7.11 Å². The van der Waals surface area contributed by atoms with Crippen LogP contribution < -0.4 is 5.73 Å². The molecule has 1 heterocycles. The molecule has 0 radical (unpaired) electrons. The van der Waals surface area contributed by atoms with Gasteiger partial charge in [-0.1, -0.05) is 30.7 Å². The fourth-order valence-corrected chi connectivity index (χ4v) is 2.79. The number of likely N-dealkylation sites (tertiary alicyclic amines) is 1. The van der Waals surface area contributed by atoms with Crippen molar-refractivity contribution >= 4 is 5.97 Å². The second kappa shape index (κ2) is 7.29. The molecule has 1 saturated heterocycles. The first kappa shape index (κ1) is 14.9. The minimum Gasteiger partial charge on any atom is -0.468 e. The van der Waals surface area contributed by atoms with Crippen LogP contribution in [0.4, 0.5) is 0 Å². The molecular weight excluding hydrogens is 252 g/mol. The second-order valence-corrected chi connectivity index (χ2v) is 5.36. The minimum absolute atomic E-state index is 0.128. The number of nitrogens with two attached hydrogens (primary N) is 1. The molecule has 1 fully saturated rings. The van der Waals surface area contributed by atoms with E-state index in [2.05, 4.69) is 29.2 Å². The van der Waals surface area contributed by atoms with Gasteiger partial charge >= 0.3 is 5.97 Å². The van der Waals surface area contributed by atoms with Crippen molar-refractivity contribution in [3.8, 4) is 0 Å². The summed E-state index contributed by atoms with van der Waals surface area (Å²) in [5, 5.41) is 0. The largest absolute Gasteiger partial charge is 0.468 e. The van der Waals surface area contributed by atoms with Crippen molar-refractivity contribution in [3.05, 3.63) is 35.6 Å². The van der Waals surface area contributed by atoms with E-state index in [0.29, 0.717) is 6.54 Å². The Hall–Kier alpha value is -1.55. The maximum atomic E-state index is 11.9. The van der Waals surface area contributed by atoms with E-state index >= 15 is 0 Å². The average Bonchev–Trinajstić information content (AvgIpc) is 2.46. The fraction of sp³-hybridized carbons (Fsp3) is 0.562. The number of piperidine rings is 1. The number of nitrogens with zero attached hydrogens (tertiary/aromatic N) is 1. The molecule has 1 aliphatic heterocycles. The summed E-state index contributed by atoms with van der Waals surface area (Å²) < 4.78 is 4.92. The maximum Gasteiger partial charge on any atom is 0.323 e. The molecule has 0 aromatic carbocycles. The van der Waals surface area contributed by atoms with Gasteiger partial charge in [-0.15, -0.1) is 0 Å². The molecule has 1 atom stereocenters. The number of rotatable bonds is 3. The van der Waals surface area contributed by atoms with Crippen LogP contribution in [-0.2, 0) is 9.53 Å². The topological polar surface area (TPSA) is 55.6 Å². The number of methoxy groups -OCH3 is 1. The lowest BCUT2D eigenvalue weighted by atomic mass is 9.99. The standard InChI is InChI=1S/C16H24N2O2/c1-20-16(19)15-10-6-7-11-18(15)12-13-8-4-2-3-5-9-14(13)17/h2,4,8-9,15H,3,5-7,10-12,17H2,1H3/b4-2-,13-8-,14-9+. The van der Waals surface area contributed by atoms with Gasteiger partial charge in [-0.05, 0) is 37.8 Å². The molecule has 1 unspecified atom stereocenters. The van der Waals surface area contributed by atoms with Crippen LogP contribution in [0.5, 0.6) is 0 Å². The Balaban J connectivity index is 2.11. The van der Waals surface area contributed by atoms with E-state index in [9.17, 15) is 4.79 Å². The number of hydrogen-bond acceptors (Lipinski definition) is 4. The van der Waals surface area contributed by atoms with E-state index in [0.717, 1.165) is 49.9 Å². The first-order valence-electron chi connectivity index (χ1n) is 7.36. The zero-order valence-corrected chi connectivity index (χ0v) is 12.2. The predicted molar refractivity (Wildman–Crippen MR) is 80.0 cm³/mol. The molecule has 2 rings (SSSR count). The molecule has 4 heteroatoms. The SMILES string of the molecule is COC(=O)C1CCCCN1CC1=C/C=C\CC/C=C\1N. The Morgan fingerprint density at radius 2 is 2.30 bits per heavy atom. The van der Waals surface area contributed by atoms with Crippen molar-refractivity contribution in [2.75, 3.05) is 20.2 Å². The molecule has 1 aliphatic carbocycles. The van der Waals surface area contributed by atoms with Crippen molar-refractivity contribution in [1.82, 2.24) is 4.90 Å². The second-order valence-electron chi connectivity index (χ2n) is 5.36. The van der Waals surface area contributed by atoms with E-state index in [-0.39, 0.29) is 12.0 Å². The van der Waals surface area contributed by atoms with E-state index in [1.807, 2.05) is 0 Å². The Kier molecular flexibility index (Phi) is 5.41. The minimum atomic E-state index is -0.130. The van der Waals surface area contributed by atoms with Gasteiger partial charge in [0.15, 0.2) is 0 Å². The van der Waals surface area contributed by atoms with E-state index < -0.39 is 0 Å². The van der Waals surface area contributed by atoms with Gasteiger partial charge in [0.25, 0.3) is 0 Å². The van der Waals surface area contributed by atoms with Crippen LogP contribution in [0.25, 0.3) is 0 Å². The Labute approximate surface area is 121 Å². The van der Waals surface area contributed by atoms with Crippen molar-refractivity contribution in [2.45, 2.75) is 38.1 Å². The monoisotopic (exact) mass is 276 g/mol. The lowest BCUT2D eigenvalue weighted by molar-refractivity contribution is -0.148. The van der Waals surface area contributed by atoms with Crippen LogP contribution in [0.3, 0.4) is 0 Å². The Morgan fingerprint density at radius 1 is 1.45 bits per heavy atom. The quantitative estimate of drug-likeness (QED) is 0.802. The number of esters is 1. The van der Waals surface area contributed by atoms with E-state index in [1.54, 1.807) is 0 Å². The third-order valence-corrected chi connectivity index (χ3v) is 3.96. The highest BCUT2D eigenvalue weighted by Crippen LogP contribution is 2.21. The molecule has 2 N–H and O–H groups in total. The molecule has 110 valence electrons. The van der Waals surface area contributed by atoms with Gasteiger partial charge in [0.05, 0.1) is 7.11 Å².